The summed E-state index contributed by atoms with van der Waals surface area (Å²) in [6.07, 6.45) is 1.90. The second-order valence-corrected chi connectivity index (χ2v) is 5.97. The van der Waals surface area contributed by atoms with Gasteiger partial charge in [0.05, 0.1) is 6.10 Å². The molecule has 1 aromatic rings. The van der Waals surface area contributed by atoms with E-state index in [0.717, 1.165) is 18.9 Å². The van der Waals surface area contributed by atoms with E-state index >= 15 is 0 Å². The predicted octanol–water partition coefficient (Wildman–Crippen LogP) is 1.30. The summed E-state index contributed by atoms with van der Waals surface area (Å²) in [6, 6.07) is 2.34. The van der Waals surface area contributed by atoms with Crippen molar-refractivity contribution in [1.82, 2.24) is 9.71 Å². The lowest BCUT2D eigenvalue weighted by Crippen LogP contribution is -2.36. The van der Waals surface area contributed by atoms with E-state index in [-0.39, 0.29) is 12.5 Å². The van der Waals surface area contributed by atoms with Gasteiger partial charge < -0.3 is 5.11 Å². The Morgan fingerprint density at radius 2 is 2.05 bits per heavy atom. The number of nitrogens with one attached hydrogen (secondary N) is 1. The third-order valence-electron chi connectivity index (χ3n) is 3.05. The first-order chi connectivity index (χ1) is 8.92. The smallest absolute Gasteiger partial charge is 0.261 e. The molecule has 108 valence electrons. The third kappa shape index (κ3) is 4.22. The molecule has 0 saturated carbocycles. The van der Waals surface area contributed by atoms with Crippen LogP contribution in [0.2, 0.25) is 0 Å². The molecule has 0 aliphatic rings. The maximum Gasteiger partial charge on any atom is 0.261 e. The summed E-state index contributed by atoms with van der Waals surface area (Å²) >= 11 is 0. The van der Waals surface area contributed by atoms with E-state index in [1.165, 1.54) is 12.3 Å². The predicted molar refractivity (Wildman–Crippen MR) is 69.5 cm³/mol. The van der Waals surface area contributed by atoms with E-state index in [0.29, 0.717) is 0 Å². The fourth-order valence-electron chi connectivity index (χ4n) is 1.83. The van der Waals surface area contributed by atoms with Crippen LogP contribution in [-0.4, -0.2) is 31.2 Å². The first-order valence-corrected chi connectivity index (χ1v) is 7.68. The zero-order chi connectivity index (χ0) is 14.5. The molecule has 1 heterocycles. The highest BCUT2D eigenvalue weighted by Crippen LogP contribution is 2.14. The Bertz CT molecular complexity index is 503. The minimum absolute atomic E-state index is 0.0104. The summed E-state index contributed by atoms with van der Waals surface area (Å²) in [6.45, 7) is 3.69. The van der Waals surface area contributed by atoms with Crippen LogP contribution in [0.25, 0.3) is 0 Å². The Labute approximate surface area is 112 Å². The van der Waals surface area contributed by atoms with Crippen LogP contribution in [0.4, 0.5) is 4.39 Å². The number of rotatable bonds is 7. The summed E-state index contributed by atoms with van der Waals surface area (Å²) in [5.41, 5.74) is 0. The highest BCUT2D eigenvalue weighted by molar-refractivity contribution is 7.89. The van der Waals surface area contributed by atoms with E-state index in [1.807, 2.05) is 13.8 Å². The SMILES string of the molecule is CCC(CC)C(O)CNS(=O)(=O)c1ncccc1F. The molecule has 0 aliphatic heterocycles. The minimum atomic E-state index is -4.03. The summed E-state index contributed by atoms with van der Waals surface area (Å²) in [5, 5.41) is 9.20. The molecule has 1 aromatic heterocycles. The first kappa shape index (κ1) is 16.0. The van der Waals surface area contributed by atoms with E-state index < -0.39 is 27.0 Å². The van der Waals surface area contributed by atoms with Gasteiger partial charge in [-0.15, -0.1) is 0 Å². The fraction of sp³-hybridized carbons (Fsp3) is 0.583. The molecule has 2 N–H and O–H groups in total. The van der Waals surface area contributed by atoms with Crippen molar-refractivity contribution < 1.29 is 17.9 Å². The van der Waals surface area contributed by atoms with Crippen LogP contribution in [0.5, 0.6) is 0 Å². The molecule has 0 amide bonds. The Kier molecular flexibility index (Phi) is 5.84. The lowest BCUT2D eigenvalue weighted by atomic mass is 9.97. The number of pyridine rings is 1. The van der Waals surface area contributed by atoms with Gasteiger partial charge in [0, 0.05) is 12.7 Å². The van der Waals surface area contributed by atoms with Crippen LogP contribution in [0.15, 0.2) is 23.4 Å². The number of hydrogen-bond donors (Lipinski definition) is 2. The number of aliphatic hydroxyl groups is 1. The Morgan fingerprint density at radius 1 is 1.42 bits per heavy atom. The van der Waals surface area contributed by atoms with Gasteiger partial charge in [0.1, 0.15) is 0 Å². The van der Waals surface area contributed by atoms with Crippen molar-refractivity contribution in [2.45, 2.75) is 37.8 Å². The molecular weight excluding hydrogens is 271 g/mol. The number of nitrogens with zero attached hydrogens (tertiary/aromatic N) is 1. The second kappa shape index (κ2) is 6.93. The molecular formula is C12H19FN2O3S. The Morgan fingerprint density at radius 3 is 2.58 bits per heavy atom. The summed E-state index contributed by atoms with van der Waals surface area (Å²) in [5.74, 6) is -0.900. The summed E-state index contributed by atoms with van der Waals surface area (Å²) < 4.78 is 39.2. The highest BCUT2D eigenvalue weighted by Gasteiger charge is 2.23. The zero-order valence-corrected chi connectivity index (χ0v) is 11.8. The lowest BCUT2D eigenvalue weighted by Gasteiger charge is -2.20. The van der Waals surface area contributed by atoms with Gasteiger partial charge in [-0.3, -0.25) is 0 Å². The van der Waals surface area contributed by atoms with E-state index in [4.69, 9.17) is 0 Å². The van der Waals surface area contributed by atoms with Crippen LogP contribution in [-0.2, 0) is 10.0 Å². The third-order valence-corrected chi connectivity index (χ3v) is 4.41. The molecule has 1 atom stereocenters. The largest absolute Gasteiger partial charge is 0.391 e. The lowest BCUT2D eigenvalue weighted by molar-refractivity contribution is 0.107. The van der Waals surface area contributed by atoms with Crippen molar-refractivity contribution in [3.63, 3.8) is 0 Å². The normalized spacial score (nSPS) is 13.7. The van der Waals surface area contributed by atoms with Gasteiger partial charge in [-0.2, -0.15) is 0 Å². The molecule has 0 radical (unpaired) electrons. The standard InChI is InChI=1S/C12H19FN2O3S/c1-3-9(4-2)11(16)8-15-19(17,18)12-10(13)6-5-7-14-12/h5-7,9,11,15-16H,3-4,8H2,1-2H3. The van der Waals surface area contributed by atoms with E-state index in [2.05, 4.69) is 9.71 Å². The van der Waals surface area contributed by atoms with Gasteiger partial charge in [-0.05, 0) is 18.1 Å². The average molecular weight is 290 g/mol. The molecule has 1 unspecified atom stereocenters. The van der Waals surface area contributed by atoms with Crippen LogP contribution < -0.4 is 4.72 Å². The van der Waals surface area contributed by atoms with Crippen LogP contribution in [0.1, 0.15) is 26.7 Å². The van der Waals surface area contributed by atoms with Crippen molar-refractivity contribution in [3.8, 4) is 0 Å². The molecule has 0 fully saturated rings. The van der Waals surface area contributed by atoms with Crippen molar-refractivity contribution >= 4 is 10.0 Å². The average Bonchev–Trinajstić information content (AvgIpc) is 2.38. The topological polar surface area (TPSA) is 79.3 Å². The molecule has 7 heteroatoms. The minimum Gasteiger partial charge on any atom is -0.391 e. The monoisotopic (exact) mass is 290 g/mol. The fourth-order valence-corrected chi connectivity index (χ4v) is 2.88. The van der Waals surface area contributed by atoms with Crippen LogP contribution >= 0.6 is 0 Å². The Balaban J connectivity index is 2.74. The number of aliphatic hydroxyl groups excluding tert-OH is 1. The zero-order valence-electron chi connectivity index (χ0n) is 11.0. The molecule has 5 nitrogen and oxygen atoms in total. The molecule has 0 spiro atoms. The van der Waals surface area contributed by atoms with Crippen molar-refractivity contribution in [3.05, 3.63) is 24.1 Å². The maximum absolute atomic E-state index is 13.4. The number of sulfonamides is 1. The number of halogens is 1. The number of aromatic nitrogens is 1. The molecule has 0 saturated heterocycles. The quantitative estimate of drug-likeness (QED) is 0.793. The van der Waals surface area contributed by atoms with E-state index in [1.54, 1.807) is 0 Å². The van der Waals surface area contributed by atoms with Gasteiger partial charge in [0.2, 0.25) is 5.03 Å². The highest BCUT2D eigenvalue weighted by atomic mass is 32.2. The first-order valence-electron chi connectivity index (χ1n) is 6.20. The maximum atomic E-state index is 13.4. The van der Waals surface area contributed by atoms with Crippen LogP contribution in [0.3, 0.4) is 0 Å². The molecule has 0 aliphatic carbocycles. The molecule has 0 aromatic carbocycles. The van der Waals surface area contributed by atoms with E-state index in [9.17, 15) is 17.9 Å². The van der Waals surface area contributed by atoms with Gasteiger partial charge in [-0.25, -0.2) is 22.5 Å². The van der Waals surface area contributed by atoms with Crippen molar-refractivity contribution in [1.29, 1.82) is 0 Å². The van der Waals surface area contributed by atoms with Gasteiger partial charge >= 0.3 is 0 Å². The summed E-state index contributed by atoms with van der Waals surface area (Å²) in [4.78, 5) is 3.51. The molecule has 19 heavy (non-hydrogen) atoms. The van der Waals surface area contributed by atoms with Crippen molar-refractivity contribution in [2.24, 2.45) is 5.92 Å². The van der Waals surface area contributed by atoms with Gasteiger partial charge in [0.25, 0.3) is 10.0 Å². The second-order valence-electron chi connectivity index (χ2n) is 4.29. The van der Waals surface area contributed by atoms with Gasteiger partial charge in [0.15, 0.2) is 5.82 Å². The van der Waals surface area contributed by atoms with Crippen LogP contribution in [0, 0.1) is 11.7 Å². The van der Waals surface area contributed by atoms with Gasteiger partial charge in [-0.1, -0.05) is 26.7 Å². The molecule has 1 rings (SSSR count). The Hall–Kier alpha value is -1.05. The van der Waals surface area contributed by atoms with Crippen molar-refractivity contribution in [2.75, 3.05) is 6.54 Å². The number of hydrogen-bond acceptors (Lipinski definition) is 4. The summed E-state index contributed by atoms with van der Waals surface area (Å²) in [7, 11) is -4.03. The molecule has 0 bridgehead atoms.